The van der Waals surface area contributed by atoms with Gasteiger partial charge in [0.15, 0.2) is 0 Å². The zero-order valence-corrected chi connectivity index (χ0v) is 22.2. The summed E-state index contributed by atoms with van der Waals surface area (Å²) >= 11 is 7.75. The molecule has 0 aliphatic carbocycles. The fourth-order valence-electron chi connectivity index (χ4n) is 3.03. The molecular weight excluding hydrogens is 581 g/mol. The molecular formula is C21H18ClF3N10O2S2. The predicted molar refractivity (Wildman–Crippen MR) is 139 cm³/mol. The summed E-state index contributed by atoms with van der Waals surface area (Å²) in [5, 5.41) is 15.6. The number of nitrogens with zero attached hydrogens (tertiary/aromatic N) is 6. The van der Waals surface area contributed by atoms with Crippen LogP contribution in [-0.2, 0) is 6.18 Å². The number of rotatable bonds is 10. The molecule has 12 nitrogen and oxygen atoms in total. The summed E-state index contributed by atoms with van der Waals surface area (Å²) in [5.74, 6) is -1.08. The van der Waals surface area contributed by atoms with Crippen LogP contribution < -0.4 is 21.3 Å². The van der Waals surface area contributed by atoms with E-state index in [2.05, 4.69) is 50.8 Å². The van der Waals surface area contributed by atoms with Crippen molar-refractivity contribution in [1.29, 1.82) is 0 Å². The summed E-state index contributed by atoms with van der Waals surface area (Å²) in [6.45, 7) is 2.75. The van der Waals surface area contributed by atoms with E-state index in [4.69, 9.17) is 11.6 Å². The van der Waals surface area contributed by atoms with Gasteiger partial charge < -0.3 is 21.3 Å². The highest BCUT2D eigenvalue weighted by Gasteiger charge is 2.34. The van der Waals surface area contributed by atoms with E-state index in [1.165, 1.54) is 30.1 Å². The van der Waals surface area contributed by atoms with Crippen LogP contribution in [0, 0.1) is 0 Å². The second kappa shape index (κ2) is 12.3. The number of thiazole rings is 1. The maximum Gasteiger partial charge on any atom is 0.418 e. The largest absolute Gasteiger partial charge is 0.418 e. The zero-order valence-electron chi connectivity index (χ0n) is 19.8. The number of aromatic nitrogens is 6. The van der Waals surface area contributed by atoms with Gasteiger partial charge in [0.25, 0.3) is 11.8 Å². The lowest BCUT2D eigenvalue weighted by Crippen LogP contribution is -2.27. The van der Waals surface area contributed by atoms with Crippen LogP contribution >= 0.6 is 34.5 Å². The van der Waals surface area contributed by atoms with Crippen LogP contribution in [0.4, 0.5) is 29.8 Å². The average molecular weight is 599 g/mol. The van der Waals surface area contributed by atoms with Crippen LogP contribution in [0.1, 0.15) is 43.7 Å². The van der Waals surface area contributed by atoms with E-state index in [9.17, 15) is 22.8 Å². The number of alkyl halides is 3. The molecule has 0 spiro atoms. The van der Waals surface area contributed by atoms with Crippen LogP contribution in [0.3, 0.4) is 0 Å². The summed E-state index contributed by atoms with van der Waals surface area (Å²) < 4.78 is 42.9. The van der Waals surface area contributed by atoms with Gasteiger partial charge in [-0.05, 0) is 13.0 Å². The van der Waals surface area contributed by atoms with Crippen molar-refractivity contribution in [2.24, 2.45) is 0 Å². The second-order valence-corrected chi connectivity index (χ2v) is 9.94. The standard InChI is InChI=1S/C21H18ClF3N10O2S2/c1-10(33-18(36)13-5-15(31-9-30-13)26-2-3-27-17-8-32-35-39-17)20-29-7-14(38-20)19(37)34-16-4-11(21(23,24)25)12(22)6-28-16/h4-10,27H,2-3H2,1H3,(H,33,36)(H,26,30,31)(H,28,34,37). The van der Waals surface area contributed by atoms with Gasteiger partial charge in [-0.3, -0.25) is 9.59 Å². The second-order valence-electron chi connectivity index (χ2n) is 7.68. The Labute approximate surface area is 231 Å². The van der Waals surface area contributed by atoms with Gasteiger partial charge in [-0.15, -0.1) is 16.4 Å². The molecule has 0 radical (unpaired) electrons. The molecule has 204 valence electrons. The summed E-state index contributed by atoms with van der Waals surface area (Å²) in [4.78, 5) is 41.3. The Bertz CT molecular complexity index is 1450. The number of nitrogens with one attached hydrogen (secondary N) is 4. The van der Waals surface area contributed by atoms with Crippen molar-refractivity contribution in [2.75, 3.05) is 29.0 Å². The molecule has 4 heterocycles. The number of carbonyl (C=O) groups is 2. The van der Waals surface area contributed by atoms with Crippen molar-refractivity contribution in [3.05, 3.63) is 63.2 Å². The number of anilines is 3. The highest BCUT2D eigenvalue weighted by Crippen LogP contribution is 2.35. The van der Waals surface area contributed by atoms with Gasteiger partial charge in [0.1, 0.15) is 38.5 Å². The van der Waals surface area contributed by atoms with Crippen molar-refractivity contribution < 1.29 is 22.8 Å². The lowest BCUT2D eigenvalue weighted by Gasteiger charge is -2.12. The molecule has 0 fully saturated rings. The molecule has 4 aromatic heterocycles. The van der Waals surface area contributed by atoms with Crippen LogP contribution in [0.2, 0.25) is 5.02 Å². The first kappa shape index (κ1) is 28.1. The Balaban J connectivity index is 1.32. The van der Waals surface area contributed by atoms with Gasteiger partial charge in [0, 0.05) is 36.9 Å². The quantitative estimate of drug-likeness (QED) is 0.196. The lowest BCUT2D eigenvalue weighted by molar-refractivity contribution is -0.137. The molecule has 39 heavy (non-hydrogen) atoms. The molecule has 4 rings (SSSR count). The minimum atomic E-state index is -4.71. The average Bonchev–Trinajstić information content (AvgIpc) is 3.60. The monoisotopic (exact) mass is 598 g/mol. The van der Waals surface area contributed by atoms with Crippen LogP contribution in [0.25, 0.3) is 0 Å². The fourth-order valence-corrected chi connectivity index (χ4v) is 4.50. The summed E-state index contributed by atoms with van der Waals surface area (Å²) in [6, 6.07) is 1.54. The number of amides is 2. The Morgan fingerprint density at radius 2 is 1.79 bits per heavy atom. The summed E-state index contributed by atoms with van der Waals surface area (Å²) in [7, 11) is 0. The first-order chi connectivity index (χ1) is 18.6. The van der Waals surface area contributed by atoms with Crippen LogP contribution in [0.15, 0.2) is 37.1 Å². The Morgan fingerprint density at radius 3 is 2.54 bits per heavy atom. The fraction of sp³-hybridized carbons (Fsp3) is 0.238. The third kappa shape index (κ3) is 7.55. The maximum atomic E-state index is 13.1. The van der Waals surface area contributed by atoms with Crippen molar-refractivity contribution in [1.82, 2.24) is 34.8 Å². The third-order valence-electron chi connectivity index (χ3n) is 4.86. The molecule has 1 atom stereocenters. The van der Waals surface area contributed by atoms with E-state index in [-0.39, 0.29) is 16.4 Å². The molecule has 18 heteroatoms. The van der Waals surface area contributed by atoms with E-state index in [0.717, 1.165) is 22.5 Å². The third-order valence-corrected chi connectivity index (χ3v) is 6.96. The van der Waals surface area contributed by atoms with E-state index in [1.807, 2.05) is 0 Å². The number of hydrogen-bond donors (Lipinski definition) is 4. The van der Waals surface area contributed by atoms with E-state index in [1.54, 1.807) is 13.1 Å². The van der Waals surface area contributed by atoms with Gasteiger partial charge in [0.05, 0.1) is 29.0 Å². The van der Waals surface area contributed by atoms with E-state index in [0.29, 0.717) is 30.0 Å². The zero-order chi connectivity index (χ0) is 28.0. The predicted octanol–water partition coefficient (Wildman–Crippen LogP) is 4.12. The van der Waals surface area contributed by atoms with E-state index < -0.39 is 34.6 Å². The van der Waals surface area contributed by atoms with Crippen LogP contribution in [-0.4, -0.2) is 54.4 Å². The van der Waals surface area contributed by atoms with Gasteiger partial charge >= 0.3 is 6.18 Å². The lowest BCUT2D eigenvalue weighted by atomic mass is 10.2. The first-order valence-electron chi connectivity index (χ1n) is 11.0. The SMILES string of the molecule is CC(NC(=O)c1cc(NCCNc2cnns2)ncn1)c1ncc(C(=O)Nc2cc(C(F)(F)F)c(Cl)cn2)s1. The molecule has 4 aromatic rings. The molecule has 0 bridgehead atoms. The Kier molecular flexibility index (Phi) is 8.82. The van der Waals surface area contributed by atoms with Gasteiger partial charge in [-0.2, -0.15) is 13.2 Å². The van der Waals surface area contributed by atoms with E-state index >= 15 is 0 Å². The maximum absolute atomic E-state index is 13.1. The summed E-state index contributed by atoms with van der Waals surface area (Å²) in [6.07, 6.45) is 0.218. The first-order valence-corrected chi connectivity index (χ1v) is 12.9. The molecule has 0 saturated carbocycles. The van der Waals surface area contributed by atoms with Crippen LogP contribution in [0.5, 0.6) is 0 Å². The number of pyridine rings is 1. The van der Waals surface area contributed by atoms with Crippen molar-refractivity contribution >= 4 is 62.9 Å². The summed E-state index contributed by atoms with van der Waals surface area (Å²) in [5.41, 5.74) is -1.01. The topological polar surface area (TPSA) is 160 Å². The highest BCUT2D eigenvalue weighted by atomic mass is 35.5. The molecule has 0 aliphatic heterocycles. The number of hydrogen-bond acceptors (Lipinski definition) is 12. The van der Waals surface area contributed by atoms with Crippen molar-refractivity contribution in [2.45, 2.75) is 19.1 Å². The van der Waals surface area contributed by atoms with Crippen molar-refractivity contribution in [3.63, 3.8) is 0 Å². The van der Waals surface area contributed by atoms with Gasteiger partial charge in [-0.25, -0.2) is 19.9 Å². The molecule has 2 amide bonds. The van der Waals surface area contributed by atoms with Crippen molar-refractivity contribution in [3.8, 4) is 0 Å². The van der Waals surface area contributed by atoms with Gasteiger partial charge in [-0.1, -0.05) is 16.1 Å². The molecule has 0 aliphatic rings. The Hall–Kier alpha value is -3.96. The minimum absolute atomic E-state index is 0.104. The van der Waals surface area contributed by atoms with Gasteiger partial charge in [0.2, 0.25) is 0 Å². The molecule has 0 aromatic carbocycles. The molecule has 4 N–H and O–H groups in total. The number of carbonyl (C=O) groups excluding carboxylic acids is 2. The molecule has 0 saturated heterocycles. The minimum Gasteiger partial charge on any atom is -0.373 e. The smallest absolute Gasteiger partial charge is 0.373 e. The highest BCUT2D eigenvalue weighted by molar-refractivity contribution is 7.13. The molecule has 1 unspecified atom stereocenters. The Morgan fingerprint density at radius 1 is 1.00 bits per heavy atom. The normalized spacial score (nSPS) is 12.0. The number of halogens is 4.